The number of benzene rings is 1. The number of nitrogens with zero attached hydrogens (tertiary/aromatic N) is 1. The Kier molecular flexibility index (Phi) is 5.87. The minimum absolute atomic E-state index is 0.0665. The Labute approximate surface area is 121 Å². The SMILES string of the molecule is COCC1CCN(C(=O)NCCc2ccccc2)CC1. The molecule has 0 radical (unpaired) electrons. The van der Waals surface area contributed by atoms with Crippen LogP contribution in [0.3, 0.4) is 0 Å². The van der Waals surface area contributed by atoms with E-state index < -0.39 is 0 Å². The van der Waals surface area contributed by atoms with E-state index in [4.69, 9.17) is 4.74 Å². The Morgan fingerprint density at radius 1 is 1.30 bits per heavy atom. The minimum Gasteiger partial charge on any atom is -0.384 e. The second-order valence-corrected chi connectivity index (χ2v) is 5.35. The molecule has 2 amide bonds. The Balaban J connectivity index is 1.66. The van der Waals surface area contributed by atoms with Crippen molar-refractivity contribution in [3.8, 4) is 0 Å². The molecule has 4 heteroatoms. The molecule has 0 spiro atoms. The molecule has 1 fully saturated rings. The first kappa shape index (κ1) is 14.9. The van der Waals surface area contributed by atoms with Crippen molar-refractivity contribution in [1.82, 2.24) is 10.2 Å². The summed E-state index contributed by atoms with van der Waals surface area (Å²) >= 11 is 0. The van der Waals surface area contributed by atoms with Gasteiger partial charge >= 0.3 is 6.03 Å². The van der Waals surface area contributed by atoms with Gasteiger partial charge in [-0.05, 0) is 30.7 Å². The van der Waals surface area contributed by atoms with Crippen molar-refractivity contribution in [2.24, 2.45) is 5.92 Å². The summed E-state index contributed by atoms with van der Waals surface area (Å²) < 4.78 is 5.17. The van der Waals surface area contributed by atoms with E-state index in [1.54, 1.807) is 7.11 Å². The molecule has 0 aromatic heterocycles. The van der Waals surface area contributed by atoms with Gasteiger partial charge < -0.3 is 15.0 Å². The molecule has 1 aliphatic heterocycles. The minimum atomic E-state index is 0.0665. The van der Waals surface area contributed by atoms with Gasteiger partial charge in [-0.1, -0.05) is 30.3 Å². The molecule has 1 aliphatic rings. The van der Waals surface area contributed by atoms with Gasteiger partial charge in [0.1, 0.15) is 0 Å². The molecule has 0 bridgehead atoms. The zero-order valence-corrected chi connectivity index (χ0v) is 12.2. The maximum atomic E-state index is 12.0. The Hall–Kier alpha value is -1.55. The molecule has 20 heavy (non-hydrogen) atoms. The summed E-state index contributed by atoms with van der Waals surface area (Å²) in [6.07, 6.45) is 2.96. The summed E-state index contributed by atoms with van der Waals surface area (Å²) in [4.78, 5) is 14.0. The molecule has 110 valence electrons. The first-order valence-corrected chi connectivity index (χ1v) is 7.35. The van der Waals surface area contributed by atoms with Crippen LogP contribution in [0.1, 0.15) is 18.4 Å². The third kappa shape index (κ3) is 4.53. The summed E-state index contributed by atoms with van der Waals surface area (Å²) in [5, 5.41) is 3.00. The van der Waals surface area contributed by atoms with Crippen molar-refractivity contribution < 1.29 is 9.53 Å². The van der Waals surface area contributed by atoms with Gasteiger partial charge in [0.2, 0.25) is 0 Å². The van der Waals surface area contributed by atoms with Gasteiger partial charge in [0.25, 0.3) is 0 Å². The van der Waals surface area contributed by atoms with Crippen LogP contribution in [-0.2, 0) is 11.2 Å². The molecular formula is C16H24N2O2. The van der Waals surface area contributed by atoms with E-state index in [0.717, 1.165) is 39.0 Å². The van der Waals surface area contributed by atoms with E-state index in [0.29, 0.717) is 12.5 Å². The summed E-state index contributed by atoms with van der Waals surface area (Å²) in [6, 6.07) is 10.3. The zero-order valence-electron chi connectivity index (χ0n) is 12.2. The molecule has 0 atom stereocenters. The van der Waals surface area contributed by atoms with E-state index in [9.17, 15) is 4.79 Å². The van der Waals surface area contributed by atoms with Crippen molar-refractivity contribution >= 4 is 6.03 Å². The van der Waals surface area contributed by atoms with Gasteiger partial charge in [-0.15, -0.1) is 0 Å². The van der Waals surface area contributed by atoms with Crippen molar-refractivity contribution in [2.45, 2.75) is 19.3 Å². The standard InChI is InChI=1S/C16H24N2O2/c1-20-13-15-8-11-18(12-9-15)16(19)17-10-7-14-5-3-2-4-6-14/h2-6,15H,7-13H2,1H3,(H,17,19). The smallest absolute Gasteiger partial charge is 0.317 e. The summed E-state index contributed by atoms with van der Waals surface area (Å²) in [7, 11) is 1.74. The Morgan fingerprint density at radius 3 is 2.65 bits per heavy atom. The van der Waals surface area contributed by atoms with Crippen molar-refractivity contribution in [3.05, 3.63) is 35.9 Å². The lowest BCUT2D eigenvalue weighted by molar-refractivity contribution is 0.107. The van der Waals surface area contributed by atoms with Crippen LogP contribution in [-0.4, -0.2) is 44.3 Å². The fourth-order valence-electron chi connectivity index (χ4n) is 2.61. The highest BCUT2D eigenvalue weighted by Crippen LogP contribution is 2.17. The fraction of sp³-hybridized carbons (Fsp3) is 0.562. The molecule has 1 aromatic rings. The number of methoxy groups -OCH3 is 1. The molecule has 2 rings (SSSR count). The number of hydrogen-bond acceptors (Lipinski definition) is 2. The maximum absolute atomic E-state index is 12.0. The normalized spacial score (nSPS) is 16.1. The van der Waals surface area contributed by atoms with Gasteiger partial charge in [-0.3, -0.25) is 0 Å². The van der Waals surface area contributed by atoms with E-state index >= 15 is 0 Å². The van der Waals surface area contributed by atoms with Crippen molar-refractivity contribution in [1.29, 1.82) is 0 Å². The van der Waals surface area contributed by atoms with E-state index in [-0.39, 0.29) is 6.03 Å². The van der Waals surface area contributed by atoms with Crippen LogP contribution >= 0.6 is 0 Å². The lowest BCUT2D eigenvalue weighted by Crippen LogP contribution is -2.45. The molecule has 1 heterocycles. The number of likely N-dealkylation sites (tertiary alicyclic amines) is 1. The van der Waals surface area contributed by atoms with Crippen LogP contribution < -0.4 is 5.32 Å². The lowest BCUT2D eigenvalue weighted by atomic mass is 9.98. The van der Waals surface area contributed by atoms with Gasteiger partial charge in [0.15, 0.2) is 0 Å². The predicted molar refractivity (Wildman–Crippen MR) is 79.7 cm³/mol. The topological polar surface area (TPSA) is 41.6 Å². The van der Waals surface area contributed by atoms with Crippen molar-refractivity contribution in [2.75, 3.05) is 33.4 Å². The number of rotatable bonds is 5. The van der Waals surface area contributed by atoms with E-state index in [2.05, 4.69) is 17.4 Å². The summed E-state index contributed by atoms with van der Waals surface area (Å²) in [6.45, 7) is 3.18. The van der Waals surface area contributed by atoms with Crippen LogP contribution in [0, 0.1) is 5.92 Å². The van der Waals surface area contributed by atoms with Crippen LogP contribution in [0.25, 0.3) is 0 Å². The monoisotopic (exact) mass is 276 g/mol. The Bertz CT molecular complexity index is 400. The average molecular weight is 276 g/mol. The van der Waals surface area contributed by atoms with Crippen LogP contribution in [0.5, 0.6) is 0 Å². The number of ether oxygens (including phenoxy) is 1. The van der Waals surface area contributed by atoms with E-state index in [1.165, 1.54) is 5.56 Å². The molecule has 4 nitrogen and oxygen atoms in total. The highest BCUT2D eigenvalue weighted by atomic mass is 16.5. The van der Waals surface area contributed by atoms with E-state index in [1.807, 2.05) is 23.1 Å². The largest absolute Gasteiger partial charge is 0.384 e. The maximum Gasteiger partial charge on any atom is 0.317 e. The molecule has 0 aliphatic carbocycles. The Morgan fingerprint density at radius 2 is 2.00 bits per heavy atom. The third-order valence-corrected chi connectivity index (χ3v) is 3.84. The molecule has 1 saturated heterocycles. The van der Waals surface area contributed by atoms with Gasteiger partial charge in [0, 0.05) is 33.4 Å². The number of nitrogens with one attached hydrogen (secondary N) is 1. The molecular weight excluding hydrogens is 252 g/mol. The van der Waals surface area contributed by atoms with Crippen LogP contribution in [0.15, 0.2) is 30.3 Å². The quantitative estimate of drug-likeness (QED) is 0.896. The number of amides is 2. The highest BCUT2D eigenvalue weighted by Gasteiger charge is 2.22. The fourth-order valence-corrected chi connectivity index (χ4v) is 2.61. The second-order valence-electron chi connectivity index (χ2n) is 5.35. The number of piperidine rings is 1. The zero-order chi connectivity index (χ0) is 14.2. The number of carbonyl (C=O) groups is 1. The molecule has 1 aromatic carbocycles. The summed E-state index contributed by atoms with van der Waals surface area (Å²) in [5.41, 5.74) is 1.26. The number of hydrogen-bond donors (Lipinski definition) is 1. The van der Waals surface area contributed by atoms with Gasteiger partial charge in [0.05, 0.1) is 0 Å². The van der Waals surface area contributed by atoms with Crippen LogP contribution in [0.2, 0.25) is 0 Å². The lowest BCUT2D eigenvalue weighted by Gasteiger charge is -2.31. The van der Waals surface area contributed by atoms with Gasteiger partial charge in [-0.2, -0.15) is 0 Å². The third-order valence-electron chi connectivity index (χ3n) is 3.84. The average Bonchev–Trinajstić information content (AvgIpc) is 2.49. The first-order valence-electron chi connectivity index (χ1n) is 7.35. The first-order chi connectivity index (χ1) is 9.79. The molecule has 1 N–H and O–H groups in total. The predicted octanol–water partition coefficient (Wildman–Crippen LogP) is 2.30. The molecule has 0 saturated carbocycles. The van der Waals surface area contributed by atoms with Crippen molar-refractivity contribution in [3.63, 3.8) is 0 Å². The second kappa shape index (κ2) is 7.90. The number of carbonyl (C=O) groups excluding carboxylic acids is 1. The summed E-state index contributed by atoms with van der Waals surface area (Å²) in [5.74, 6) is 0.605. The van der Waals surface area contributed by atoms with Gasteiger partial charge in [-0.25, -0.2) is 4.79 Å². The highest BCUT2D eigenvalue weighted by molar-refractivity contribution is 5.74. The number of urea groups is 1. The van der Waals surface area contributed by atoms with Crippen LogP contribution in [0.4, 0.5) is 4.79 Å². The molecule has 0 unspecified atom stereocenters.